The Morgan fingerprint density at radius 1 is 1.44 bits per heavy atom. The Labute approximate surface area is 112 Å². The summed E-state index contributed by atoms with van der Waals surface area (Å²) in [5.74, 6) is -0.371. The van der Waals surface area contributed by atoms with Gasteiger partial charge >= 0.3 is 0 Å². The van der Waals surface area contributed by atoms with E-state index in [1.54, 1.807) is 12.1 Å². The second-order valence-corrected chi connectivity index (χ2v) is 6.09. The number of primary sulfonamides is 1. The van der Waals surface area contributed by atoms with Crippen molar-refractivity contribution >= 4 is 26.0 Å². The molecule has 2 aromatic rings. The number of nitrogens with two attached hydrogens (primary N) is 1. The van der Waals surface area contributed by atoms with E-state index in [1.807, 2.05) is 0 Å². The van der Waals surface area contributed by atoms with E-state index in [-0.39, 0.29) is 17.4 Å². The van der Waals surface area contributed by atoms with Gasteiger partial charge in [-0.2, -0.15) is 0 Å². The fraction of sp³-hybridized carbons (Fsp3) is 0.100. The zero-order valence-electron chi connectivity index (χ0n) is 9.05. The Bertz CT molecular complexity index is 684. The molecular formula is C10H9BrFN3O2S. The number of aromatic nitrogens is 2. The molecule has 0 saturated carbocycles. The standard InChI is InChI=1S/C10H9BrFN3O2S/c11-8-1-2-9(12)7(3-8)4-15-5-10(14-6-15)18(13,16)17/h1-3,5-6H,4H2,(H2,13,16,17). The molecule has 18 heavy (non-hydrogen) atoms. The molecule has 8 heteroatoms. The molecule has 0 aliphatic heterocycles. The number of sulfonamides is 1. The second-order valence-electron chi connectivity index (χ2n) is 3.66. The molecule has 0 atom stereocenters. The molecule has 0 fully saturated rings. The van der Waals surface area contributed by atoms with Crippen LogP contribution in [0.15, 0.2) is 40.2 Å². The average Bonchev–Trinajstić information content (AvgIpc) is 2.71. The minimum absolute atomic E-state index is 0.174. The molecular weight excluding hydrogens is 325 g/mol. The van der Waals surface area contributed by atoms with Crippen molar-refractivity contribution in [1.82, 2.24) is 9.55 Å². The lowest BCUT2D eigenvalue weighted by atomic mass is 10.2. The predicted octanol–water partition coefficient (Wildman–Crippen LogP) is 1.48. The molecule has 96 valence electrons. The first-order valence-electron chi connectivity index (χ1n) is 4.85. The van der Waals surface area contributed by atoms with Crippen molar-refractivity contribution < 1.29 is 12.8 Å². The van der Waals surface area contributed by atoms with Gasteiger partial charge in [-0.3, -0.25) is 0 Å². The first kappa shape index (κ1) is 13.2. The second kappa shape index (κ2) is 4.79. The van der Waals surface area contributed by atoms with Gasteiger partial charge in [-0.15, -0.1) is 0 Å². The number of hydrogen-bond acceptors (Lipinski definition) is 3. The van der Waals surface area contributed by atoms with E-state index in [0.717, 1.165) is 4.47 Å². The van der Waals surface area contributed by atoms with Crippen molar-refractivity contribution in [3.05, 3.63) is 46.6 Å². The van der Waals surface area contributed by atoms with Crippen molar-refractivity contribution in [3.63, 3.8) is 0 Å². The summed E-state index contributed by atoms with van der Waals surface area (Å²) in [4.78, 5) is 3.65. The monoisotopic (exact) mass is 333 g/mol. The van der Waals surface area contributed by atoms with E-state index < -0.39 is 10.0 Å². The fourth-order valence-electron chi connectivity index (χ4n) is 1.43. The van der Waals surface area contributed by atoms with Crippen molar-refractivity contribution in [2.45, 2.75) is 11.6 Å². The number of rotatable bonds is 3. The van der Waals surface area contributed by atoms with Crippen molar-refractivity contribution in [2.24, 2.45) is 5.14 Å². The van der Waals surface area contributed by atoms with Gasteiger partial charge in [0.15, 0.2) is 5.03 Å². The molecule has 1 aromatic carbocycles. The number of hydrogen-bond donors (Lipinski definition) is 1. The van der Waals surface area contributed by atoms with Crippen LogP contribution in [0.3, 0.4) is 0 Å². The molecule has 2 rings (SSSR count). The molecule has 1 heterocycles. The van der Waals surface area contributed by atoms with Crippen LogP contribution in [-0.4, -0.2) is 18.0 Å². The molecule has 5 nitrogen and oxygen atoms in total. The highest BCUT2D eigenvalue weighted by atomic mass is 79.9. The summed E-state index contributed by atoms with van der Waals surface area (Å²) in [5.41, 5.74) is 0.419. The first-order valence-corrected chi connectivity index (χ1v) is 7.19. The molecule has 0 amide bonds. The van der Waals surface area contributed by atoms with Crippen molar-refractivity contribution in [1.29, 1.82) is 0 Å². The van der Waals surface area contributed by atoms with Crippen LogP contribution in [0.2, 0.25) is 0 Å². The highest BCUT2D eigenvalue weighted by Gasteiger charge is 2.12. The Balaban J connectivity index is 2.29. The maximum absolute atomic E-state index is 13.5. The molecule has 0 radical (unpaired) electrons. The normalized spacial score (nSPS) is 11.7. The molecule has 0 saturated heterocycles. The first-order chi connectivity index (χ1) is 8.36. The molecule has 0 spiro atoms. The smallest absolute Gasteiger partial charge is 0.257 e. The lowest BCUT2D eigenvalue weighted by Gasteiger charge is -2.04. The van der Waals surface area contributed by atoms with E-state index in [0.29, 0.717) is 5.56 Å². The minimum atomic E-state index is -3.83. The van der Waals surface area contributed by atoms with Crippen LogP contribution in [-0.2, 0) is 16.6 Å². The highest BCUT2D eigenvalue weighted by molar-refractivity contribution is 9.10. The largest absolute Gasteiger partial charge is 0.332 e. The molecule has 0 unspecified atom stereocenters. The number of benzene rings is 1. The van der Waals surface area contributed by atoms with E-state index in [9.17, 15) is 12.8 Å². The Morgan fingerprint density at radius 3 is 2.78 bits per heavy atom. The van der Waals surface area contributed by atoms with Crippen LogP contribution in [0, 0.1) is 5.82 Å². The minimum Gasteiger partial charge on any atom is -0.332 e. The fourth-order valence-corrected chi connectivity index (χ4v) is 2.32. The number of nitrogens with zero attached hydrogens (tertiary/aromatic N) is 2. The molecule has 1 aromatic heterocycles. The summed E-state index contributed by atoms with van der Waals surface area (Å²) >= 11 is 3.24. The van der Waals surface area contributed by atoms with E-state index in [1.165, 1.54) is 23.2 Å². The molecule has 0 bridgehead atoms. The van der Waals surface area contributed by atoms with Gasteiger partial charge in [-0.1, -0.05) is 15.9 Å². The van der Waals surface area contributed by atoms with Gasteiger partial charge in [0.25, 0.3) is 10.0 Å². The summed E-state index contributed by atoms with van der Waals surface area (Å²) in [6, 6.07) is 4.53. The van der Waals surface area contributed by atoms with Crippen LogP contribution in [0.5, 0.6) is 0 Å². The third-order valence-corrected chi connectivity index (χ3v) is 3.55. The van der Waals surface area contributed by atoms with Crippen LogP contribution < -0.4 is 5.14 Å². The number of imidazole rings is 1. The highest BCUT2D eigenvalue weighted by Crippen LogP contribution is 2.17. The summed E-state index contributed by atoms with van der Waals surface area (Å²) in [6.45, 7) is 0.174. The van der Waals surface area contributed by atoms with Crippen LogP contribution in [0.4, 0.5) is 4.39 Å². The van der Waals surface area contributed by atoms with Gasteiger partial charge in [0, 0.05) is 16.2 Å². The lowest BCUT2D eigenvalue weighted by Crippen LogP contribution is -2.12. The van der Waals surface area contributed by atoms with Gasteiger partial charge < -0.3 is 4.57 Å². The van der Waals surface area contributed by atoms with E-state index >= 15 is 0 Å². The maximum Gasteiger partial charge on any atom is 0.257 e. The van der Waals surface area contributed by atoms with Gasteiger partial charge in [0.2, 0.25) is 0 Å². The van der Waals surface area contributed by atoms with Crippen LogP contribution >= 0.6 is 15.9 Å². The van der Waals surface area contributed by atoms with Gasteiger partial charge in [-0.25, -0.2) is 22.9 Å². The zero-order valence-corrected chi connectivity index (χ0v) is 11.4. The van der Waals surface area contributed by atoms with E-state index in [2.05, 4.69) is 20.9 Å². The van der Waals surface area contributed by atoms with Crippen molar-refractivity contribution in [3.8, 4) is 0 Å². The quantitative estimate of drug-likeness (QED) is 0.924. The van der Waals surface area contributed by atoms with E-state index in [4.69, 9.17) is 5.14 Å². The average molecular weight is 334 g/mol. The summed E-state index contributed by atoms with van der Waals surface area (Å²) in [6.07, 6.45) is 2.55. The Morgan fingerprint density at radius 2 is 2.17 bits per heavy atom. The maximum atomic E-state index is 13.5. The summed E-state index contributed by atoms with van der Waals surface area (Å²) in [5, 5.41) is 4.69. The topological polar surface area (TPSA) is 78.0 Å². The van der Waals surface area contributed by atoms with Gasteiger partial charge in [0.05, 0.1) is 12.9 Å². The third kappa shape index (κ3) is 2.95. The van der Waals surface area contributed by atoms with Crippen LogP contribution in [0.25, 0.3) is 0 Å². The van der Waals surface area contributed by atoms with Gasteiger partial charge in [-0.05, 0) is 18.2 Å². The third-order valence-electron chi connectivity index (χ3n) is 2.26. The van der Waals surface area contributed by atoms with Crippen molar-refractivity contribution in [2.75, 3.05) is 0 Å². The Kier molecular flexibility index (Phi) is 3.51. The lowest BCUT2D eigenvalue weighted by molar-refractivity contribution is 0.594. The summed E-state index contributed by atoms with van der Waals surface area (Å²) in [7, 11) is -3.83. The Hall–Kier alpha value is -1.25. The SMILES string of the molecule is NS(=O)(=O)c1cn(Cc2cc(Br)ccc2F)cn1. The number of halogens is 2. The molecule has 2 N–H and O–H groups in total. The predicted molar refractivity (Wildman–Crippen MR) is 66.8 cm³/mol. The molecule has 0 aliphatic rings. The van der Waals surface area contributed by atoms with Gasteiger partial charge in [0.1, 0.15) is 5.82 Å². The zero-order chi connectivity index (χ0) is 13.3. The molecule has 0 aliphatic carbocycles. The van der Waals surface area contributed by atoms with Crippen LogP contribution in [0.1, 0.15) is 5.56 Å². The summed E-state index contributed by atoms with van der Waals surface area (Å²) < 4.78 is 37.8.